The van der Waals surface area contributed by atoms with Crippen LogP contribution >= 0.6 is 11.6 Å². The molecule has 4 nitrogen and oxygen atoms in total. The van der Waals surface area contributed by atoms with Gasteiger partial charge in [0.25, 0.3) is 0 Å². The molecular weight excluding hydrogens is 238 g/mol. The van der Waals surface area contributed by atoms with E-state index in [2.05, 4.69) is 14.9 Å². The molecule has 1 saturated carbocycles. The standard InChI is InChI=1S/C12H16ClN3O/c13-10-11(15-5-4-14-10)16-6-9-2-1-3-12(9,7-16)8-17/h4-5,9,17H,1-3,6-8H2/t9-,12+/m0/s1. The van der Waals surface area contributed by atoms with Gasteiger partial charge in [0.05, 0.1) is 6.61 Å². The number of nitrogens with zero attached hydrogens (tertiary/aromatic N) is 3. The van der Waals surface area contributed by atoms with Crippen molar-refractivity contribution in [2.45, 2.75) is 19.3 Å². The summed E-state index contributed by atoms with van der Waals surface area (Å²) in [5.74, 6) is 1.34. The molecule has 1 saturated heterocycles. The van der Waals surface area contributed by atoms with Crippen molar-refractivity contribution >= 4 is 17.4 Å². The summed E-state index contributed by atoms with van der Waals surface area (Å²) in [6.07, 6.45) is 6.82. The average molecular weight is 254 g/mol. The second-order valence-corrected chi connectivity index (χ2v) is 5.52. The minimum atomic E-state index is 0.0703. The highest BCUT2D eigenvalue weighted by atomic mass is 35.5. The Morgan fingerprint density at radius 1 is 1.47 bits per heavy atom. The van der Waals surface area contributed by atoms with Gasteiger partial charge in [-0.15, -0.1) is 0 Å². The normalized spacial score (nSPS) is 31.9. The number of aliphatic hydroxyl groups excluding tert-OH is 1. The fourth-order valence-electron chi connectivity index (χ4n) is 3.36. The van der Waals surface area contributed by atoms with Crippen molar-refractivity contribution in [1.29, 1.82) is 0 Å². The Hall–Kier alpha value is -0.870. The Balaban J connectivity index is 1.87. The molecule has 0 bridgehead atoms. The number of anilines is 1. The third-order valence-electron chi connectivity index (χ3n) is 4.29. The van der Waals surface area contributed by atoms with E-state index in [1.54, 1.807) is 12.4 Å². The molecule has 0 radical (unpaired) electrons. The number of aromatic nitrogens is 2. The summed E-state index contributed by atoms with van der Waals surface area (Å²) >= 11 is 6.07. The highest BCUT2D eigenvalue weighted by molar-refractivity contribution is 6.31. The summed E-state index contributed by atoms with van der Waals surface area (Å²) in [5, 5.41) is 10.1. The molecule has 0 unspecified atom stereocenters. The topological polar surface area (TPSA) is 49.2 Å². The molecule has 1 N–H and O–H groups in total. The van der Waals surface area contributed by atoms with Crippen molar-refractivity contribution in [1.82, 2.24) is 9.97 Å². The maximum absolute atomic E-state index is 9.67. The first kappa shape index (κ1) is 11.2. The number of halogens is 1. The monoisotopic (exact) mass is 253 g/mol. The second kappa shape index (κ2) is 4.10. The summed E-state index contributed by atoms with van der Waals surface area (Å²) < 4.78 is 0. The average Bonchev–Trinajstić information content (AvgIpc) is 2.86. The molecule has 0 spiro atoms. The van der Waals surface area contributed by atoms with Crippen molar-refractivity contribution < 1.29 is 5.11 Å². The smallest absolute Gasteiger partial charge is 0.171 e. The predicted octanol–water partition coefficient (Wildman–Crippen LogP) is 1.73. The summed E-state index contributed by atoms with van der Waals surface area (Å²) in [7, 11) is 0. The first-order valence-electron chi connectivity index (χ1n) is 6.07. The Morgan fingerprint density at radius 3 is 3.00 bits per heavy atom. The van der Waals surface area contributed by atoms with E-state index < -0.39 is 0 Å². The van der Waals surface area contributed by atoms with Crippen molar-refractivity contribution in [2.24, 2.45) is 11.3 Å². The van der Waals surface area contributed by atoms with E-state index in [0.717, 1.165) is 25.3 Å². The molecule has 1 aliphatic carbocycles. The lowest BCUT2D eigenvalue weighted by atomic mass is 9.82. The van der Waals surface area contributed by atoms with Crippen molar-refractivity contribution in [3.8, 4) is 0 Å². The lowest BCUT2D eigenvalue weighted by Gasteiger charge is -2.26. The van der Waals surface area contributed by atoms with Crippen LogP contribution in [0.15, 0.2) is 12.4 Å². The van der Waals surface area contributed by atoms with Crippen LogP contribution in [0.3, 0.4) is 0 Å². The van der Waals surface area contributed by atoms with Crippen LogP contribution in [0.1, 0.15) is 19.3 Å². The quantitative estimate of drug-likeness (QED) is 0.872. The Bertz CT molecular complexity index is 428. The fourth-order valence-corrected chi connectivity index (χ4v) is 3.58. The Morgan fingerprint density at radius 2 is 2.29 bits per heavy atom. The molecule has 0 aromatic carbocycles. The number of hydrogen-bond donors (Lipinski definition) is 1. The molecule has 2 atom stereocenters. The van der Waals surface area contributed by atoms with Crippen molar-refractivity contribution in [2.75, 3.05) is 24.6 Å². The van der Waals surface area contributed by atoms with E-state index in [1.807, 2.05) is 0 Å². The third kappa shape index (κ3) is 1.70. The molecule has 3 rings (SSSR count). The first-order valence-corrected chi connectivity index (χ1v) is 6.45. The number of rotatable bonds is 2. The van der Waals surface area contributed by atoms with Gasteiger partial charge >= 0.3 is 0 Å². The van der Waals surface area contributed by atoms with Gasteiger partial charge in [-0.3, -0.25) is 0 Å². The van der Waals surface area contributed by atoms with E-state index in [9.17, 15) is 5.11 Å². The minimum Gasteiger partial charge on any atom is -0.396 e. The lowest BCUT2D eigenvalue weighted by molar-refractivity contribution is 0.121. The minimum absolute atomic E-state index is 0.0703. The van der Waals surface area contributed by atoms with Gasteiger partial charge in [-0.1, -0.05) is 18.0 Å². The van der Waals surface area contributed by atoms with E-state index >= 15 is 0 Å². The fraction of sp³-hybridized carbons (Fsp3) is 0.667. The largest absolute Gasteiger partial charge is 0.396 e. The van der Waals surface area contributed by atoms with Crippen molar-refractivity contribution in [3.63, 3.8) is 0 Å². The predicted molar refractivity (Wildman–Crippen MR) is 66.1 cm³/mol. The van der Waals surface area contributed by atoms with Gasteiger partial charge in [0, 0.05) is 30.9 Å². The zero-order valence-electron chi connectivity index (χ0n) is 9.64. The Kier molecular flexibility index (Phi) is 2.71. The van der Waals surface area contributed by atoms with Crippen LogP contribution < -0.4 is 4.90 Å². The number of fused-ring (bicyclic) bond motifs is 1. The summed E-state index contributed by atoms with van der Waals surface area (Å²) in [6.45, 7) is 2.07. The maximum atomic E-state index is 9.67. The first-order chi connectivity index (χ1) is 8.25. The van der Waals surface area contributed by atoms with E-state index in [4.69, 9.17) is 11.6 Å². The molecular formula is C12H16ClN3O. The van der Waals surface area contributed by atoms with Gasteiger partial charge in [-0.25, -0.2) is 9.97 Å². The van der Waals surface area contributed by atoms with Crippen LogP contribution in [-0.2, 0) is 0 Å². The summed E-state index contributed by atoms with van der Waals surface area (Å²) in [6, 6.07) is 0. The van der Waals surface area contributed by atoms with Gasteiger partial charge < -0.3 is 10.0 Å². The molecule has 2 aliphatic rings. The third-order valence-corrected chi connectivity index (χ3v) is 4.56. The maximum Gasteiger partial charge on any atom is 0.171 e. The van der Waals surface area contributed by atoms with Crippen LogP contribution in [0.25, 0.3) is 0 Å². The Labute approximate surface area is 106 Å². The highest BCUT2D eigenvalue weighted by Gasteiger charge is 2.49. The number of hydrogen-bond acceptors (Lipinski definition) is 4. The molecule has 0 amide bonds. The van der Waals surface area contributed by atoms with Crippen LogP contribution in [0.4, 0.5) is 5.82 Å². The molecule has 17 heavy (non-hydrogen) atoms. The van der Waals surface area contributed by atoms with E-state index in [0.29, 0.717) is 11.1 Å². The zero-order valence-corrected chi connectivity index (χ0v) is 10.4. The van der Waals surface area contributed by atoms with E-state index in [-0.39, 0.29) is 12.0 Å². The van der Waals surface area contributed by atoms with Gasteiger partial charge in [0.15, 0.2) is 11.0 Å². The summed E-state index contributed by atoms with van der Waals surface area (Å²) in [4.78, 5) is 10.5. The van der Waals surface area contributed by atoms with Crippen LogP contribution in [-0.4, -0.2) is 34.8 Å². The number of aliphatic hydroxyl groups is 1. The van der Waals surface area contributed by atoms with Crippen LogP contribution in [0, 0.1) is 11.3 Å². The second-order valence-electron chi connectivity index (χ2n) is 5.16. The van der Waals surface area contributed by atoms with Gasteiger partial charge in [-0.2, -0.15) is 0 Å². The summed E-state index contributed by atoms with van der Waals surface area (Å²) in [5.41, 5.74) is 0.0703. The van der Waals surface area contributed by atoms with Gasteiger partial charge in [0.2, 0.25) is 0 Å². The lowest BCUT2D eigenvalue weighted by Crippen LogP contribution is -2.31. The van der Waals surface area contributed by atoms with E-state index in [1.165, 1.54) is 12.8 Å². The molecule has 2 fully saturated rings. The van der Waals surface area contributed by atoms with Crippen LogP contribution in [0.5, 0.6) is 0 Å². The zero-order chi connectivity index (χ0) is 11.9. The molecule has 1 aromatic rings. The van der Waals surface area contributed by atoms with Gasteiger partial charge in [0.1, 0.15) is 0 Å². The highest BCUT2D eigenvalue weighted by Crippen LogP contribution is 2.49. The van der Waals surface area contributed by atoms with Crippen molar-refractivity contribution in [3.05, 3.63) is 17.5 Å². The van der Waals surface area contributed by atoms with Gasteiger partial charge in [-0.05, 0) is 18.8 Å². The molecule has 5 heteroatoms. The molecule has 1 aliphatic heterocycles. The molecule has 1 aromatic heterocycles. The molecule has 2 heterocycles. The SMILES string of the molecule is OC[C@]12CCC[C@H]1CN(c1nccnc1Cl)C2. The molecule has 92 valence electrons. The van der Waals surface area contributed by atoms with Crippen LogP contribution in [0.2, 0.25) is 5.15 Å².